The van der Waals surface area contributed by atoms with Gasteiger partial charge in [0.25, 0.3) is 0 Å². The van der Waals surface area contributed by atoms with Crippen molar-refractivity contribution >= 4 is 11.9 Å². The first kappa shape index (κ1) is 16.1. The van der Waals surface area contributed by atoms with Crippen LogP contribution < -0.4 is 0 Å². The Balaban J connectivity index is 2.25. The molecule has 0 radical (unpaired) electrons. The van der Waals surface area contributed by atoms with Gasteiger partial charge in [-0.05, 0) is 29.5 Å². The van der Waals surface area contributed by atoms with E-state index in [9.17, 15) is 9.59 Å². The molecule has 0 saturated heterocycles. The van der Waals surface area contributed by atoms with Crippen molar-refractivity contribution in [2.75, 3.05) is 20.8 Å². The molecule has 0 amide bonds. The summed E-state index contributed by atoms with van der Waals surface area (Å²) in [4.78, 5) is 24.3. The molecule has 1 aromatic rings. The Labute approximate surface area is 129 Å². The van der Waals surface area contributed by atoms with Gasteiger partial charge in [-0.15, -0.1) is 6.42 Å². The van der Waals surface area contributed by atoms with Crippen LogP contribution in [0.2, 0.25) is 0 Å². The standard InChI is InChI=1S/C17H18O5/c1-4-7-22-11-12-5-6-13-9-17(15(18)20-2,16(19)21-3)10-14(13)8-12/h1,5-6,8H,7,9-11H2,2-3H3. The van der Waals surface area contributed by atoms with Crippen LogP contribution >= 0.6 is 0 Å². The number of hydrogen-bond donors (Lipinski definition) is 0. The fraction of sp³-hybridized carbons (Fsp3) is 0.412. The molecule has 0 N–H and O–H groups in total. The number of fused-ring (bicyclic) bond motifs is 1. The predicted molar refractivity (Wildman–Crippen MR) is 78.8 cm³/mol. The summed E-state index contributed by atoms with van der Waals surface area (Å²) in [5.41, 5.74) is 1.53. The third-order valence-electron chi connectivity index (χ3n) is 3.86. The largest absolute Gasteiger partial charge is 0.468 e. The molecule has 0 unspecified atom stereocenters. The van der Waals surface area contributed by atoms with Gasteiger partial charge in [-0.1, -0.05) is 24.1 Å². The van der Waals surface area contributed by atoms with Crippen LogP contribution in [-0.2, 0) is 43.2 Å². The van der Waals surface area contributed by atoms with Crippen molar-refractivity contribution in [2.45, 2.75) is 19.4 Å². The van der Waals surface area contributed by atoms with Crippen LogP contribution in [0.3, 0.4) is 0 Å². The van der Waals surface area contributed by atoms with Crippen molar-refractivity contribution in [2.24, 2.45) is 5.41 Å². The summed E-state index contributed by atoms with van der Waals surface area (Å²) in [5, 5.41) is 0. The Morgan fingerprint density at radius 2 is 1.82 bits per heavy atom. The van der Waals surface area contributed by atoms with Crippen molar-refractivity contribution in [3.63, 3.8) is 0 Å². The highest BCUT2D eigenvalue weighted by molar-refractivity contribution is 6.01. The van der Waals surface area contributed by atoms with E-state index in [0.717, 1.165) is 16.7 Å². The average Bonchev–Trinajstić information content (AvgIpc) is 2.93. The van der Waals surface area contributed by atoms with Crippen molar-refractivity contribution < 1.29 is 23.8 Å². The molecule has 1 aliphatic rings. The first-order chi connectivity index (χ1) is 10.6. The van der Waals surface area contributed by atoms with E-state index in [1.165, 1.54) is 14.2 Å². The molecular weight excluding hydrogens is 284 g/mol. The maximum Gasteiger partial charge on any atom is 0.323 e. The van der Waals surface area contributed by atoms with Crippen LogP contribution in [0.5, 0.6) is 0 Å². The average molecular weight is 302 g/mol. The van der Waals surface area contributed by atoms with E-state index in [0.29, 0.717) is 6.61 Å². The van der Waals surface area contributed by atoms with Crippen LogP contribution in [0, 0.1) is 17.8 Å². The van der Waals surface area contributed by atoms with Gasteiger partial charge < -0.3 is 14.2 Å². The van der Waals surface area contributed by atoms with E-state index in [-0.39, 0.29) is 19.4 Å². The molecule has 0 atom stereocenters. The first-order valence-corrected chi connectivity index (χ1v) is 6.86. The quantitative estimate of drug-likeness (QED) is 0.355. The molecular formula is C17H18O5. The first-order valence-electron chi connectivity index (χ1n) is 6.86. The van der Waals surface area contributed by atoms with Gasteiger partial charge in [0.2, 0.25) is 0 Å². The lowest BCUT2D eigenvalue weighted by Gasteiger charge is -2.22. The Kier molecular flexibility index (Phi) is 4.84. The Morgan fingerprint density at radius 3 is 2.41 bits per heavy atom. The minimum Gasteiger partial charge on any atom is -0.468 e. The van der Waals surface area contributed by atoms with E-state index in [2.05, 4.69) is 5.92 Å². The zero-order valence-electron chi connectivity index (χ0n) is 12.7. The maximum atomic E-state index is 12.1. The molecule has 5 heteroatoms. The smallest absolute Gasteiger partial charge is 0.323 e. The van der Waals surface area contributed by atoms with Crippen molar-refractivity contribution in [3.05, 3.63) is 34.9 Å². The third-order valence-corrected chi connectivity index (χ3v) is 3.86. The molecule has 0 saturated carbocycles. The summed E-state index contributed by atoms with van der Waals surface area (Å²) in [6, 6.07) is 5.73. The van der Waals surface area contributed by atoms with E-state index in [1.807, 2.05) is 18.2 Å². The number of ether oxygens (including phenoxy) is 3. The molecule has 5 nitrogen and oxygen atoms in total. The second-order valence-electron chi connectivity index (χ2n) is 5.22. The van der Waals surface area contributed by atoms with Gasteiger partial charge in [-0.25, -0.2) is 0 Å². The Bertz CT molecular complexity index is 610. The number of rotatable bonds is 5. The lowest BCUT2D eigenvalue weighted by atomic mass is 9.85. The summed E-state index contributed by atoms with van der Waals surface area (Å²) in [6.07, 6.45) is 5.69. The summed E-state index contributed by atoms with van der Waals surface area (Å²) in [6.45, 7) is 0.631. The van der Waals surface area contributed by atoms with E-state index in [4.69, 9.17) is 20.6 Å². The van der Waals surface area contributed by atoms with Gasteiger partial charge in [0.05, 0.1) is 20.8 Å². The number of benzene rings is 1. The van der Waals surface area contributed by atoms with Gasteiger partial charge in [0.1, 0.15) is 6.61 Å². The highest BCUT2D eigenvalue weighted by Crippen LogP contribution is 2.39. The minimum atomic E-state index is -1.29. The molecule has 0 heterocycles. The number of terminal acetylenes is 1. The van der Waals surface area contributed by atoms with Crippen molar-refractivity contribution in [1.82, 2.24) is 0 Å². The van der Waals surface area contributed by atoms with Gasteiger partial charge >= 0.3 is 11.9 Å². The van der Waals surface area contributed by atoms with E-state index < -0.39 is 17.4 Å². The monoisotopic (exact) mass is 302 g/mol. The van der Waals surface area contributed by atoms with Crippen LogP contribution in [0.15, 0.2) is 18.2 Å². The molecule has 0 aliphatic heterocycles. The summed E-state index contributed by atoms with van der Waals surface area (Å²) in [7, 11) is 2.55. The topological polar surface area (TPSA) is 61.8 Å². The van der Waals surface area contributed by atoms with Crippen LogP contribution in [0.4, 0.5) is 0 Å². The van der Waals surface area contributed by atoms with Gasteiger partial charge in [-0.3, -0.25) is 9.59 Å². The highest BCUT2D eigenvalue weighted by atomic mass is 16.5. The van der Waals surface area contributed by atoms with Gasteiger partial charge in [0.15, 0.2) is 5.41 Å². The lowest BCUT2D eigenvalue weighted by molar-refractivity contribution is -0.168. The number of hydrogen-bond acceptors (Lipinski definition) is 5. The van der Waals surface area contributed by atoms with E-state index in [1.54, 1.807) is 0 Å². The van der Waals surface area contributed by atoms with Gasteiger partial charge in [-0.2, -0.15) is 0 Å². The summed E-state index contributed by atoms with van der Waals surface area (Å²) in [5.74, 6) is 1.27. The summed E-state index contributed by atoms with van der Waals surface area (Å²) >= 11 is 0. The highest BCUT2D eigenvalue weighted by Gasteiger charge is 2.52. The molecule has 1 aliphatic carbocycles. The molecule has 22 heavy (non-hydrogen) atoms. The second kappa shape index (κ2) is 6.63. The zero-order valence-corrected chi connectivity index (χ0v) is 12.7. The van der Waals surface area contributed by atoms with Crippen molar-refractivity contribution in [1.29, 1.82) is 0 Å². The molecule has 116 valence electrons. The summed E-state index contributed by atoms with van der Waals surface area (Å²) < 4.78 is 14.9. The third kappa shape index (κ3) is 2.83. The Morgan fingerprint density at radius 1 is 1.18 bits per heavy atom. The molecule has 0 fully saturated rings. The van der Waals surface area contributed by atoms with Crippen LogP contribution in [0.1, 0.15) is 16.7 Å². The van der Waals surface area contributed by atoms with Gasteiger partial charge in [0, 0.05) is 0 Å². The minimum absolute atomic E-state index is 0.241. The molecule has 0 spiro atoms. The zero-order chi connectivity index (χ0) is 16.2. The number of methoxy groups -OCH3 is 2. The maximum absolute atomic E-state index is 12.1. The van der Waals surface area contributed by atoms with Crippen molar-refractivity contribution in [3.8, 4) is 12.3 Å². The molecule has 1 aromatic carbocycles. The molecule has 0 aromatic heterocycles. The van der Waals surface area contributed by atoms with Crippen LogP contribution in [0.25, 0.3) is 0 Å². The number of esters is 2. The normalized spacial score (nSPS) is 14.8. The number of carbonyl (C=O) groups is 2. The molecule has 2 rings (SSSR count). The SMILES string of the molecule is C#CCOCc1ccc2c(c1)CC(C(=O)OC)(C(=O)OC)C2. The van der Waals surface area contributed by atoms with Crippen LogP contribution in [-0.4, -0.2) is 32.8 Å². The second-order valence-corrected chi connectivity index (χ2v) is 5.22. The Hall–Kier alpha value is -2.32. The predicted octanol–water partition coefficient (Wildman–Crippen LogP) is 1.27. The lowest BCUT2D eigenvalue weighted by Crippen LogP contribution is -2.42. The fourth-order valence-electron chi connectivity index (χ4n) is 2.81. The fourth-order valence-corrected chi connectivity index (χ4v) is 2.81. The van der Waals surface area contributed by atoms with E-state index >= 15 is 0 Å². The molecule has 0 bridgehead atoms. The number of carbonyl (C=O) groups excluding carboxylic acids is 2.